The van der Waals surface area contributed by atoms with Crippen molar-refractivity contribution in [1.82, 2.24) is 10.6 Å². The zero-order chi connectivity index (χ0) is 14.1. The summed E-state index contributed by atoms with van der Waals surface area (Å²) < 4.78 is 0. The van der Waals surface area contributed by atoms with Crippen molar-refractivity contribution in [2.75, 3.05) is 0 Å². The highest BCUT2D eigenvalue weighted by molar-refractivity contribution is 5.78. The normalized spacial score (nSPS) is 39.7. The molecule has 2 heterocycles. The van der Waals surface area contributed by atoms with Gasteiger partial charge in [-0.2, -0.15) is 0 Å². The number of fused-ring (bicyclic) bond motifs is 2. The number of carbonyl (C=O) groups excluding carboxylic acids is 1. The molecule has 0 radical (unpaired) electrons. The topological polar surface area (TPSA) is 78.4 Å². The maximum absolute atomic E-state index is 12.1. The van der Waals surface area contributed by atoms with Crippen LogP contribution in [-0.2, 0) is 9.59 Å². The van der Waals surface area contributed by atoms with Crippen LogP contribution in [0.25, 0.3) is 0 Å². The number of amides is 1. The first kappa shape index (κ1) is 13.9. The van der Waals surface area contributed by atoms with Crippen molar-refractivity contribution in [2.24, 2.45) is 11.8 Å². The minimum absolute atomic E-state index is 0.0504. The lowest BCUT2D eigenvalue weighted by molar-refractivity contribution is -0.142. The van der Waals surface area contributed by atoms with Gasteiger partial charge in [0.25, 0.3) is 0 Å². The van der Waals surface area contributed by atoms with E-state index in [4.69, 9.17) is 5.11 Å². The maximum Gasteiger partial charge on any atom is 0.308 e. The SMILES string of the molecule is O=C(CC1CC2CCC(C1)N2)NC1CCCC1C(=O)O. The van der Waals surface area contributed by atoms with E-state index in [-0.39, 0.29) is 17.9 Å². The van der Waals surface area contributed by atoms with Crippen molar-refractivity contribution in [3.8, 4) is 0 Å². The van der Waals surface area contributed by atoms with Crippen LogP contribution >= 0.6 is 0 Å². The predicted molar refractivity (Wildman–Crippen MR) is 74.2 cm³/mol. The van der Waals surface area contributed by atoms with Crippen LogP contribution in [0, 0.1) is 11.8 Å². The molecule has 0 spiro atoms. The van der Waals surface area contributed by atoms with E-state index < -0.39 is 5.97 Å². The molecular formula is C15H24N2O3. The highest BCUT2D eigenvalue weighted by Crippen LogP contribution is 2.33. The molecule has 5 heteroatoms. The van der Waals surface area contributed by atoms with Gasteiger partial charge in [0.15, 0.2) is 0 Å². The summed E-state index contributed by atoms with van der Waals surface area (Å²) in [6.45, 7) is 0. The van der Waals surface area contributed by atoms with Gasteiger partial charge in [-0.1, -0.05) is 6.42 Å². The fourth-order valence-corrected chi connectivity index (χ4v) is 4.30. The molecule has 3 N–H and O–H groups in total. The van der Waals surface area contributed by atoms with E-state index in [9.17, 15) is 9.59 Å². The average Bonchev–Trinajstić information content (AvgIpc) is 2.96. The van der Waals surface area contributed by atoms with Gasteiger partial charge in [-0.3, -0.25) is 9.59 Å². The summed E-state index contributed by atoms with van der Waals surface area (Å²) in [5.74, 6) is -0.635. The lowest BCUT2D eigenvalue weighted by atomic mass is 9.89. The summed E-state index contributed by atoms with van der Waals surface area (Å²) in [6, 6.07) is 1.05. The highest BCUT2D eigenvalue weighted by Gasteiger charge is 2.36. The predicted octanol–water partition coefficient (Wildman–Crippen LogP) is 1.28. The summed E-state index contributed by atoms with van der Waals surface area (Å²) in [7, 11) is 0. The first-order valence-electron chi connectivity index (χ1n) is 7.90. The highest BCUT2D eigenvalue weighted by atomic mass is 16.4. The Morgan fingerprint density at radius 2 is 1.80 bits per heavy atom. The van der Waals surface area contributed by atoms with Crippen molar-refractivity contribution < 1.29 is 14.7 Å². The zero-order valence-electron chi connectivity index (χ0n) is 11.8. The number of aliphatic carboxylic acids is 1. The zero-order valence-corrected chi connectivity index (χ0v) is 11.8. The minimum atomic E-state index is -0.771. The van der Waals surface area contributed by atoms with Gasteiger partial charge in [0.1, 0.15) is 0 Å². The Labute approximate surface area is 119 Å². The molecule has 2 bridgehead atoms. The molecule has 2 aliphatic heterocycles. The number of hydrogen-bond acceptors (Lipinski definition) is 3. The minimum Gasteiger partial charge on any atom is -0.481 e. The third-order valence-electron chi connectivity index (χ3n) is 5.22. The summed E-state index contributed by atoms with van der Waals surface area (Å²) in [5, 5.41) is 15.7. The van der Waals surface area contributed by atoms with Crippen LogP contribution in [0.5, 0.6) is 0 Å². The molecule has 5 nitrogen and oxygen atoms in total. The molecule has 0 aromatic carbocycles. The van der Waals surface area contributed by atoms with Crippen molar-refractivity contribution in [3.05, 3.63) is 0 Å². The molecule has 4 atom stereocenters. The molecule has 1 saturated carbocycles. The number of hydrogen-bond donors (Lipinski definition) is 3. The molecule has 112 valence electrons. The molecule has 20 heavy (non-hydrogen) atoms. The molecule has 4 unspecified atom stereocenters. The molecule has 3 rings (SSSR count). The van der Waals surface area contributed by atoms with E-state index in [1.165, 1.54) is 12.8 Å². The first-order valence-corrected chi connectivity index (χ1v) is 7.90. The molecule has 1 amide bonds. The second-order valence-corrected chi connectivity index (χ2v) is 6.73. The number of rotatable bonds is 4. The van der Waals surface area contributed by atoms with Crippen LogP contribution < -0.4 is 10.6 Å². The Morgan fingerprint density at radius 3 is 2.45 bits per heavy atom. The van der Waals surface area contributed by atoms with E-state index in [1.54, 1.807) is 0 Å². The van der Waals surface area contributed by atoms with Gasteiger partial charge in [0, 0.05) is 24.5 Å². The van der Waals surface area contributed by atoms with Gasteiger partial charge in [-0.15, -0.1) is 0 Å². The maximum atomic E-state index is 12.1. The fourth-order valence-electron chi connectivity index (χ4n) is 4.30. The molecule has 3 aliphatic rings. The van der Waals surface area contributed by atoms with Crippen LogP contribution in [-0.4, -0.2) is 35.1 Å². The molecule has 3 fully saturated rings. The fraction of sp³-hybridized carbons (Fsp3) is 0.867. The van der Waals surface area contributed by atoms with Crippen molar-refractivity contribution in [2.45, 2.75) is 69.5 Å². The van der Waals surface area contributed by atoms with Gasteiger partial charge in [-0.25, -0.2) is 0 Å². The number of carbonyl (C=O) groups is 2. The van der Waals surface area contributed by atoms with Crippen LogP contribution in [0.4, 0.5) is 0 Å². The van der Waals surface area contributed by atoms with Gasteiger partial charge in [-0.05, 0) is 44.4 Å². The number of carboxylic acids is 1. The van der Waals surface area contributed by atoms with Crippen LogP contribution in [0.15, 0.2) is 0 Å². The molecular weight excluding hydrogens is 256 g/mol. The molecule has 1 aliphatic carbocycles. The van der Waals surface area contributed by atoms with Gasteiger partial charge >= 0.3 is 5.97 Å². The second kappa shape index (κ2) is 5.72. The third-order valence-corrected chi connectivity index (χ3v) is 5.22. The van der Waals surface area contributed by atoms with Crippen molar-refractivity contribution in [3.63, 3.8) is 0 Å². The summed E-state index contributed by atoms with van der Waals surface area (Å²) in [5.41, 5.74) is 0. The van der Waals surface area contributed by atoms with Crippen molar-refractivity contribution >= 4 is 11.9 Å². The van der Waals surface area contributed by atoms with Crippen LogP contribution in [0.3, 0.4) is 0 Å². The molecule has 0 aromatic heterocycles. The Kier molecular flexibility index (Phi) is 3.96. The van der Waals surface area contributed by atoms with Gasteiger partial charge in [0.05, 0.1) is 5.92 Å². The number of piperidine rings is 1. The molecule has 0 aromatic rings. The van der Waals surface area contributed by atoms with E-state index in [1.807, 2.05) is 0 Å². The number of carboxylic acid groups (broad SMARTS) is 1. The second-order valence-electron chi connectivity index (χ2n) is 6.73. The Hall–Kier alpha value is -1.10. The summed E-state index contributed by atoms with van der Waals surface area (Å²) >= 11 is 0. The smallest absolute Gasteiger partial charge is 0.308 e. The summed E-state index contributed by atoms with van der Waals surface area (Å²) in [4.78, 5) is 23.3. The lowest BCUT2D eigenvalue weighted by Gasteiger charge is -2.29. The van der Waals surface area contributed by atoms with E-state index in [0.717, 1.165) is 25.7 Å². The van der Waals surface area contributed by atoms with Gasteiger partial charge in [0.2, 0.25) is 5.91 Å². The van der Waals surface area contributed by atoms with E-state index in [2.05, 4.69) is 10.6 Å². The first-order chi connectivity index (χ1) is 9.61. The Morgan fingerprint density at radius 1 is 1.10 bits per heavy atom. The largest absolute Gasteiger partial charge is 0.481 e. The number of nitrogens with one attached hydrogen (secondary N) is 2. The monoisotopic (exact) mass is 280 g/mol. The van der Waals surface area contributed by atoms with Crippen molar-refractivity contribution in [1.29, 1.82) is 0 Å². The summed E-state index contributed by atoms with van der Waals surface area (Å²) in [6.07, 6.45) is 7.64. The Bertz CT molecular complexity index is 387. The standard InChI is InChI=1S/C15H24N2O3/c18-14(17-13-3-1-2-12(13)15(19)20)8-9-6-10-4-5-11(7-9)16-10/h9-13,16H,1-8H2,(H,17,18)(H,19,20). The average molecular weight is 280 g/mol. The van der Waals surface area contributed by atoms with Crippen LogP contribution in [0.2, 0.25) is 0 Å². The van der Waals surface area contributed by atoms with Crippen LogP contribution in [0.1, 0.15) is 51.4 Å². The quantitative estimate of drug-likeness (QED) is 0.725. The van der Waals surface area contributed by atoms with E-state index >= 15 is 0 Å². The molecule has 2 saturated heterocycles. The van der Waals surface area contributed by atoms with Gasteiger partial charge < -0.3 is 15.7 Å². The Balaban J connectivity index is 1.48. The van der Waals surface area contributed by atoms with E-state index in [0.29, 0.717) is 30.8 Å². The third kappa shape index (κ3) is 2.97. The lowest BCUT2D eigenvalue weighted by Crippen LogP contribution is -2.43.